The Kier molecular flexibility index (Phi) is 3.14. The maximum absolute atomic E-state index is 11.2. The van der Waals surface area contributed by atoms with Crippen molar-refractivity contribution in [2.75, 3.05) is 0 Å². The first-order valence-electron chi connectivity index (χ1n) is 4.76. The average Bonchev–Trinajstić information content (AvgIpc) is 2.50. The van der Waals surface area contributed by atoms with Gasteiger partial charge in [0.25, 0.3) is 0 Å². The van der Waals surface area contributed by atoms with E-state index >= 15 is 0 Å². The maximum Gasteiger partial charge on any atom is 0.340 e. The number of hydrogen-bond acceptors (Lipinski definition) is 3. The van der Waals surface area contributed by atoms with Gasteiger partial charge in [0.1, 0.15) is 0 Å². The Hall–Kier alpha value is -1.36. The van der Waals surface area contributed by atoms with Gasteiger partial charge in [-0.1, -0.05) is 0 Å². The van der Waals surface area contributed by atoms with Crippen LogP contribution in [-0.2, 0) is 22.2 Å². The molecule has 1 N–H and O–H groups in total. The zero-order chi connectivity index (χ0) is 11.6. The number of carbonyl (C=O) groups is 1. The molecule has 0 radical (unpaired) electrons. The summed E-state index contributed by atoms with van der Waals surface area (Å²) in [5, 5.41) is 13.1. The molecule has 1 aromatic heterocycles. The number of carboxylic acids is 1. The molecule has 84 valence electrons. The lowest BCUT2D eigenvalue weighted by Gasteiger charge is -2.26. The van der Waals surface area contributed by atoms with E-state index in [9.17, 15) is 9.90 Å². The fourth-order valence-corrected chi connectivity index (χ4v) is 1.38. The third-order valence-electron chi connectivity index (χ3n) is 2.14. The van der Waals surface area contributed by atoms with Gasteiger partial charge in [-0.3, -0.25) is 4.68 Å². The quantitative estimate of drug-likeness (QED) is 0.813. The van der Waals surface area contributed by atoms with E-state index in [0.717, 1.165) is 0 Å². The van der Waals surface area contributed by atoms with E-state index in [1.165, 1.54) is 13.1 Å². The van der Waals surface area contributed by atoms with Gasteiger partial charge in [-0.2, -0.15) is 5.10 Å². The lowest BCUT2D eigenvalue weighted by atomic mass is 9.99. The SMILES string of the molecule is CC(C)OC(C)(C(=O)O)c1cnn(C)c1. The highest BCUT2D eigenvalue weighted by molar-refractivity contribution is 5.78. The number of rotatable bonds is 4. The van der Waals surface area contributed by atoms with Gasteiger partial charge in [-0.15, -0.1) is 0 Å². The predicted octanol–water partition coefficient (Wildman–Crippen LogP) is 1.14. The van der Waals surface area contributed by atoms with Gasteiger partial charge in [-0.25, -0.2) is 4.79 Å². The van der Waals surface area contributed by atoms with Crippen LogP contribution in [0.15, 0.2) is 12.4 Å². The molecule has 0 spiro atoms. The summed E-state index contributed by atoms with van der Waals surface area (Å²) in [6.07, 6.45) is 3.00. The summed E-state index contributed by atoms with van der Waals surface area (Å²) < 4.78 is 7.00. The van der Waals surface area contributed by atoms with Crippen molar-refractivity contribution in [3.8, 4) is 0 Å². The van der Waals surface area contributed by atoms with Crippen molar-refractivity contribution in [3.05, 3.63) is 18.0 Å². The van der Waals surface area contributed by atoms with Crippen molar-refractivity contribution >= 4 is 5.97 Å². The van der Waals surface area contributed by atoms with Gasteiger partial charge in [-0.05, 0) is 20.8 Å². The summed E-state index contributed by atoms with van der Waals surface area (Å²) in [5.74, 6) is -1.01. The minimum Gasteiger partial charge on any atom is -0.479 e. The molecule has 0 aromatic carbocycles. The van der Waals surface area contributed by atoms with Crippen molar-refractivity contribution < 1.29 is 14.6 Å². The molecule has 0 aliphatic rings. The summed E-state index contributed by atoms with van der Waals surface area (Å²) in [4.78, 5) is 11.2. The monoisotopic (exact) mass is 212 g/mol. The molecule has 0 aliphatic carbocycles. The number of aromatic nitrogens is 2. The predicted molar refractivity (Wildman–Crippen MR) is 54.4 cm³/mol. The van der Waals surface area contributed by atoms with Gasteiger partial charge in [0.2, 0.25) is 0 Å². The minimum absolute atomic E-state index is 0.161. The van der Waals surface area contributed by atoms with Crippen LogP contribution in [-0.4, -0.2) is 27.0 Å². The van der Waals surface area contributed by atoms with Crippen LogP contribution in [0.5, 0.6) is 0 Å². The summed E-state index contributed by atoms with van der Waals surface area (Å²) in [6.45, 7) is 5.14. The summed E-state index contributed by atoms with van der Waals surface area (Å²) in [7, 11) is 1.74. The lowest BCUT2D eigenvalue weighted by Crippen LogP contribution is -2.37. The van der Waals surface area contributed by atoms with E-state index in [4.69, 9.17) is 4.74 Å². The van der Waals surface area contributed by atoms with Crippen LogP contribution in [0.25, 0.3) is 0 Å². The number of ether oxygens (including phenoxy) is 1. The van der Waals surface area contributed by atoms with Crippen LogP contribution in [0.4, 0.5) is 0 Å². The van der Waals surface area contributed by atoms with Gasteiger partial charge in [0.15, 0.2) is 5.60 Å². The first kappa shape index (κ1) is 11.7. The Morgan fingerprint density at radius 2 is 2.27 bits per heavy atom. The van der Waals surface area contributed by atoms with Crippen molar-refractivity contribution in [2.45, 2.75) is 32.5 Å². The minimum atomic E-state index is -1.33. The van der Waals surface area contributed by atoms with Crippen LogP contribution < -0.4 is 0 Å². The molecule has 1 heterocycles. The van der Waals surface area contributed by atoms with Gasteiger partial charge in [0, 0.05) is 18.8 Å². The molecule has 0 amide bonds. The smallest absolute Gasteiger partial charge is 0.340 e. The van der Waals surface area contributed by atoms with E-state index in [2.05, 4.69) is 5.10 Å². The zero-order valence-corrected chi connectivity index (χ0v) is 9.39. The highest BCUT2D eigenvalue weighted by Gasteiger charge is 2.38. The Bertz CT molecular complexity index is 359. The van der Waals surface area contributed by atoms with Crippen LogP contribution in [0.2, 0.25) is 0 Å². The van der Waals surface area contributed by atoms with Crippen molar-refractivity contribution in [1.29, 1.82) is 0 Å². The number of aryl methyl sites for hydroxylation is 1. The fourth-order valence-electron chi connectivity index (χ4n) is 1.38. The number of hydrogen-bond donors (Lipinski definition) is 1. The highest BCUT2D eigenvalue weighted by atomic mass is 16.5. The average molecular weight is 212 g/mol. The Morgan fingerprint density at radius 3 is 2.60 bits per heavy atom. The molecule has 0 fully saturated rings. The topological polar surface area (TPSA) is 64.3 Å². The molecule has 15 heavy (non-hydrogen) atoms. The third kappa shape index (κ3) is 2.36. The van der Waals surface area contributed by atoms with Gasteiger partial charge < -0.3 is 9.84 Å². The summed E-state index contributed by atoms with van der Waals surface area (Å²) >= 11 is 0. The molecule has 1 atom stereocenters. The molecule has 1 unspecified atom stereocenters. The third-order valence-corrected chi connectivity index (χ3v) is 2.14. The van der Waals surface area contributed by atoms with Gasteiger partial charge in [0.05, 0.1) is 12.3 Å². The molecule has 0 aliphatic heterocycles. The summed E-state index contributed by atoms with van der Waals surface area (Å²) in [5.41, 5.74) is -0.784. The first-order valence-corrected chi connectivity index (χ1v) is 4.76. The molecular formula is C10H16N2O3. The molecule has 5 nitrogen and oxygen atoms in total. The van der Waals surface area contributed by atoms with E-state index in [0.29, 0.717) is 5.56 Å². The largest absolute Gasteiger partial charge is 0.479 e. The lowest BCUT2D eigenvalue weighted by molar-refractivity contribution is -0.170. The molecule has 1 rings (SSSR count). The van der Waals surface area contributed by atoms with Crippen molar-refractivity contribution in [3.63, 3.8) is 0 Å². The second-order valence-electron chi connectivity index (χ2n) is 3.91. The van der Waals surface area contributed by atoms with E-state index < -0.39 is 11.6 Å². The number of nitrogens with zero attached hydrogens (tertiary/aromatic N) is 2. The highest BCUT2D eigenvalue weighted by Crippen LogP contribution is 2.26. The van der Waals surface area contributed by atoms with Crippen LogP contribution >= 0.6 is 0 Å². The number of carboxylic acid groups (broad SMARTS) is 1. The van der Waals surface area contributed by atoms with E-state index in [1.54, 1.807) is 31.8 Å². The molecule has 5 heteroatoms. The van der Waals surface area contributed by atoms with Crippen LogP contribution in [0.3, 0.4) is 0 Å². The standard InChI is InChI=1S/C10H16N2O3/c1-7(2)15-10(3,9(13)14)8-5-11-12(4)6-8/h5-7H,1-4H3,(H,13,14). The fraction of sp³-hybridized carbons (Fsp3) is 0.600. The van der Waals surface area contributed by atoms with Crippen LogP contribution in [0, 0.1) is 0 Å². The van der Waals surface area contributed by atoms with Crippen LogP contribution in [0.1, 0.15) is 26.3 Å². The normalized spacial score (nSPS) is 15.3. The second-order valence-corrected chi connectivity index (χ2v) is 3.91. The maximum atomic E-state index is 11.2. The Balaban J connectivity index is 3.06. The van der Waals surface area contributed by atoms with Crippen molar-refractivity contribution in [2.24, 2.45) is 7.05 Å². The van der Waals surface area contributed by atoms with E-state index in [1.807, 2.05) is 0 Å². The molecule has 0 saturated carbocycles. The molecule has 0 bridgehead atoms. The number of aliphatic carboxylic acids is 1. The molecule has 1 aromatic rings. The molecule has 0 saturated heterocycles. The van der Waals surface area contributed by atoms with E-state index in [-0.39, 0.29) is 6.10 Å². The summed E-state index contributed by atoms with van der Waals surface area (Å²) in [6, 6.07) is 0. The van der Waals surface area contributed by atoms with Gasteiger partial charge >= 0.3 is 5.97 Å². The molecular weight excluding hydrogens is 196 g/mol. The van der Waals surface area contributed by atoms with Crippen molar-refractivity contribution in [1.82, 2.24) is 9.78 Å². The first-order chi connectivity index (χ1) is 6.86. The Morgan fingerprint density at radius 1 is 1.67 bits per heavy atom. The zero-order valence-electron chi connectivity index (χ0n) is 9.39. The Labute approximate surface area is 88.7 Å². The second kappa shape index (κ2) is 4.02.